The lowest BCUT2D eigenvalue weighted by Crippen LogP contribution is -2.09. The highest BCUT2D eigenvalue weighted by molar-refractivity contribution is 5.58. The molecule has 5 heteroatoms. The number of fused-ring (bicyclic) bond motifs is 1. The van der Waals surface area contributed by atoms with Crippen LogP contribution in [-0.4, -0.2) is 16.3 Å². The first-order valence-electron chi connectivity index (χ1n) is 10.1. The molecule has 4 aromatic rings. The van der Waals surface area contributed by atoms with Crippen LogP contribution in [-0.2, 0) is 12.8 Å². The van der Waals surface area contributed by atoms with E-state index in [0.717, 1.165) is 36.1 Å². The minimum atomic E-state index is -0.622. The van der Waals surface area contributed by atoms with E-state index in [0.29, 0.717) is 6.42 Å². The molecule has 2 heterocycles. The fraction of sp³-hybridized carbons (Fsp3) is 0.160. The second-order valence-corrected chi connectivity index (χ2v) is 7.54. The summed E-state index contributed by atoms with van der Waals surface area (Å²) in [6, 6.07) is 24.3. The van der Waals surface area contributed by atoms with Crippen molar-refractivity contribution in [2.45, 2.75) is 18.8 Å². The van der Waals surface area contributed by atoms with E-state index in [1.54, 1.807) is 4.68 Å². The Labute approximate surface area is 174 Å². The van der Waals surface area contributed by atoms with Gasteiger partial charge in [-0.05, 0) is 29.7 Å². The summed E-state index contributed by atoms with van der Waals surface area (Å²) in [6.07, 6.45) is 1.54. The van der Waals surface area contributed by atoms with Crippen LogP contribution in [0.15, 0.2) is 78.9 Å². The van der Waals surface area contributed by atoms with Gasteiger partial charge in [-0.2, -0.15) is 5.10 Å². The van der Waals surface area contributed by atoms with E-state index in [2.05, 4.69) is 29.6 Å². The summed E-state index contributed by atoms with van der Waals surface area (Å²) in [6.45, 7) is 0.782. The van der Waals surface area contributed by atoms with E-state index >= 15 is 0 Å². The molecule has 0 unspecified atom stereocenters. The zero-order valence-electron chi connectivity index (χ0n) is 16.4. The number of benzene rings is 3. The van der Waals surface area contributed by atoms with Gasteiger partial charge in [0.15, 0.2) is 5.82 Å². The van der Waals surface area contributed by atoms with Crippen LogP contribution in [0, 0.1) is 11.6 Å². The third-order valence-corrected chi connectivity index (χ3v) is 5.67. The number of nitrogens with one attached hydrogen (secondary N) is 1. The van der Waals surface area contributed by atoms with Gasteiger partial charge in [0.05, 0.1) is 5.69 Å². The number of anilines is 1. The maximum atomic E-state index is 14.5. The zero-order chi connectivity index (χ0) is 20.5. The van der Waals surface area contributed by atoms with Crippen LogP contribution >= 0.6 is 0 Å². The quantitative estimate of drug-likeness (QED) is 0.479. The molecule has 1 aromatic heterocycles. The molecule has 5 rings (SSSR count). The number of halogens is 2. The molecule has 3 nitrogen and oxygen atoms in total. The SMILES string of the molecule is Fc1ccc(-n2nc(CC(c3ccccc3)c3ccccc3)c3c2NCC3)c(F)c1. The van der Waals surface area contributed by atoms with Crippen LogP contribution in [0.2, 0.25) is 0 Å². The lowest BCUT2D eigenvalue weighted by Gasteiger charge is -2.17. The van der Waals surface area contributed by atoms with Crippen molar-refractivity contribution in [1.29, 1.82) is 0 Å². The molecule has 1 aliphatic heterocycles. The van der Waals surface area contributed by atoms with Gasteiger partial charge in [0.25, 0.3) is 0 Å². The van der Waals surface area contributed by atoms with Gasteiger partial charge in [0.2, 0.25) is 0 Å². The van der Waals surface area contributed by atoms with Crippen molar-refractivity contribution in [2.75, 3.05) is 11.9 Å². The van der Waals surface area contributed by atoms with Gasteiger partial charge < -0.3 is 5.32 Å². The summed E-state index contributed by atoms with van der Waals surface area (Å²) in [4.78, 5) is 0. The highest BCUT2D eigenvalue weighted by Crippen LogP contribution is 2.35. The van der Waals surface area contributed by atoms with Gasteiger partial charge in [-0.3, -0.25) is 0 Å². The molecule has 3 aromatic carbocycles. The van der Waals surface area contributed by atoms with Gasteiger partial charge in [0, 0.05) is 30.5 Å². The van der Waals surface area contributed by atoms with Crippen LogP contribution in [0.4, 0.5) is 14.6 Å². The van der Waals surface area contributed by atoms with E-state index in [9.17, 15) is 8.78 Å². The Hall–Kier alpha value is -3.47. The van der Waals surface area contributed by atoms with Gasteiger partial charge in [-0.25, -0.2) is 13.5 Å². The van der Waals surface area contributed by atoms with Crippen molar-refractivity contribution in [3.05, 3.63) is 113 Å². The maximum absolute atomic E-state index is 14.5. The molecule has 0 saturated heterocycles. The average molecular weight is 401 g/mol. The predicted octanol–water partition coefficient (Wildman–Crippen LogP) is 5.49. The van der Waals surface area contributed by atoms with Gasteiger partial charge in [-0.15, -0.1) is 0 Å². The van der Waals surface area contributed by atoms with Gasteiger partial charge in [-0.1, -0.05) is 60.7 Å². The summed E-state index contributed by atoms with van der Waals surface area (Å²) in [7, 11) is 0. The molecule has 1 aliphatic rings. The molecule has 0 radical (unpaired) electrons. The normalized spacial score (nSPS) is 12.8. The highest BCUT2D eigenvalue weighted by Gasteiger charge is 2.27. The zero-order valence-corrected chi connectivity index (χ0v) is 16.4. The molecule has 0 saturated carbocycles. The van der Waals surface area contributed by atoms with Crippen LogP contribution in [0.3, 0.4) is 0 Å². The first-order valence-corrected chi connectivity index (χ1v) is 10.1. The third-order valence-electron chi connectivity index (χ3n) is 5.67. The van der Waals surface area contributed by atoms with Crippen molar-refractivity contribution < 1.29 is 8.78 Å². The standard InChI is InChI=1S/C25H21F2N3/c26-19-11-12-24(22(27)15-19)30-25-20(13-14-28-25)23(29-30)16-21(17-7-3-1-4-8-17)18-9-5-2-6-10-18/h1-12,15,21,28H,13-14,16H2. The van der Waals surface area contributed by atoms with Crippen molar-refractivity contribution >= 4 is 5.82 Å². The third kappa shape index (κ3) is 3.36. The molecule has 0 spiro atoms. The lowest BCUT2D eigenvalue weighted by atomic mass is 9.86. The minimum absolute atomic E-state index is 0.138. The summed E-state index contributed by atoms with van der Waals surface area (Å²) in [5, 5.41) is 8.10. The number of hydrogen-bond donors (Lipinski definition) is 1. The summed E-state index contributed by atoms with van der Waals surface area (Å²) in [5.74, 6) is -0.279. The first-order chi connectivity index (χ1) is 14.7. The predicted molar refractivity (Wildman–Crippen MR) is 114 cm³/mol. The molecule has 30 heavy (non-hydrogen) atoms. The van der Waals surface area contributed by atoms with Gasteiger partial charge >= 0.3 is 0 Å². The summed E-state index contributed by atoms with van der Waals surface area (Å²) in [5.41, 5.74) is 4.73. The first kappa shape index (κ1) is 18.6. The second-order valence-electron chi connectivity index (χ2n) is 7.54. The Bertz CT molecular complexity index is 1130. The smallest absolute Gasteiger partial charge is 0.151 e. The number of rotatable bonds is 5. The molecular weight excluding hydrogens is 380 g/mol. The highest BCUT2D eigenvalue weighted by atomic mass is 19.1. The molecule has 0 atom stereocenters. The number of hydrogen-bond acceptors (Lipinski definition) is 2. The maximum Gasteiger partial charge on any atom is 0.151 e. The largest absolute Gasteiger partial charge is 0.369 e. The minimum Gasteiger partial charge on any atom is -0.369 e. The number of nitrogens with zero attached hydrogens (tertiary/aromatic N) is 2. The van der Waals surface area contributed by atoms with E-state index in [4.69, 9.17) is 5.10 Å². The van der Waals surface area contributed by atoms with Gasteiger partial charge in [0.1, 0.15) is 17.3 Å². The Morgan fingerprint density at radius 3 is 2.20 bits per heavy atom. The summed E-state index contributed by atoms with van der Waals surface area (Å²) >= 11 is 0. The van der Waals surface area contributed by atoms with Crippen molar-refractivity contribution in [1.82, 2.24) is 9.78 Å². The Morgan fingerprint density at radius 1 is 0.900 bits per heavy atom. The second kappa shape index (κ2) is 7.75. The fourth-order valence-electron chi connectivity index (χ4n) is 4.23. The Balaban J connectivity index is 1.58. The molecule has 0 amide bonds. The Kier molecular flexibility index (Phi) is 4.79. The van der Waals surface area contributed by atoms with Crippen LogP contribution < -0.4 is 5.32 Å². The fourth-order valence-corrected chi connectivity index (χ4v) is 4.23. The van der Waals surface area contributed by atoms with E-state index in [-0.39, 0.29) is 11.6 Å². The molecule has 1 N–H and O–H groups in total. The molecular formula is C25H21F2N3. The molecule has 150 valence electrons. The average Bonchev–Trinajstić information content (AvgIpc) is 3.37. The van der Waals surface area contributed by atoms with Crippen LogP contribution in [0.5, 0.6) is 0 Å². The van der Waals surface area contributed by atoms with Crippen LogP contribution in [0.1, 0.15) is 28.3 Å². The van der Waals surface area contributed by atoms with Crippen LogP contribution in [0.25, 0.3) is 5.69 Å². The lowest BCUT2D eigenvalue weighted by molar-refractivity contribution is 0.573. The summed E-state index contributed by atoms with van der Waals surface area (Å²) < 4.78 is 29.5. The van der Waals surface area contributed by atoms with E-state index < -0.39 is 11.6 Å². The monoisotopic (exact) mass is 401 g/mol. The van der Waals surface area contributed by atoms with Crippen molar-refractivity contribution in [2.24, 2.45) is 0 Å². The topological polar surface area (TPSA) is 29.9 Å². The molecule has 0 aliphatic carbocycles. The molecule has 0 bridgehead atoms. The number of aromatic nitrogens is 2. The Morgan fingerprint density at radius 2 is 1.57 bits per heavy atom. The van der Waals surface area contributed by atoms with E-state index in [1.807, 2.05) is 36.4 Å². The van der Waals surface area contributed by atoms with Crippen molar-refractivity contribution in [3.8, 4) is 5.69 Å². The van der Waals surface area contributed by atoms with E-state index in [1.165, 1.54) is 23.3 Å². The van der Waals surface area contributed by atoms with Crippen molar-refractivity contribution in [3.63, 3.8) is 0 Å². The molecule has 0 fully saturated rings.